The van der Waals surface area contributed by atoms with Gasteiger partial charge in [0.1, 0.15) is 0 Å². The molecule has 0 amide bonds. The Balaban J connectivity index is 2.02. The minimum atomic E-state index is -0.743. The molecule has 2 aliphatic rings. The Morgan fingerprint density at radius 3 is 2.51 bits per heavy atom. The highest BCUT2D eigenvalue weighted by Crippen LogP contribution is 2.56. The van der Waals surface area contributed by atoms with E-state index in [2.05, 4.69) is 128 Å². The third kappa shape index (κ3) is 9.15. The van der Waals surface area contributed by atoms with Crippen LogP contribution in [-0.4, -0.2) is 11.7 Å². The van der Waals surface area contributed by atoms with Gasteiger partial charge >= 0.3 is 0 Å². The fourth-order valence-electron chi connectivity index (χ4n) is 6.22. The van der Waals surface area contributed by atoms with Gasteiger partial charge in [0.05, 0.1) is 11.7 Å². The van der Waals surface area contributed by atoms with Crippen LogP contribution in [0.1, 0.15) is 29.2 Å². The standard InChI is InChI=1S/C47H47NO/c1-5-8-10-19-32-47(38(4)24-18-22-35-49)45(39(7-3)36-46(47)44(30-9-6-2)41-25-14-13-15-26-41)37-42-29-23-28-40-27-17-21-34-48-33-20-12-11-16-31-43(40)42/h5-30,32,34-36,48-49H,1,3-4,31,33,37H2,2H3/b9-6-,10-8-,16-11-,20-12-,24-18-,27-17-,32-19-,34-21-,35-22-,44-30-. The van der Waals surface area contributed by atoms with Crippen LogP contribution in [0.5, 0.6) is 0 Å². The molecule has 4 rings (SSSR count). The van der Waals surface area contributed by atoms with E-state index in [0.29, 0.717) is 6.42 Å². The number of allylic oxidation sites excluding steroid dienone is 23. The van der Waals surface area contributed by atoms with E-state index >= 15 is 0 Å². The lowest BCUT2D eigenvalue weighted by molar-refractivity contribution is 0.473. The molecular formula is C47H47NO. The van der Waals surface area contributed by atoms with E-state index in [4.69, 9.17) is 6.58 Å². The lowest BCUT2D eigenvalue weighted by Crippen LogP contribution is -2.26. The van der Waals surface area contributed by atoms with E-state index in [-0.39, 0.29) is 0 Å². The molecule has 0 bridgehead atoms. The summed E-state index contributed by atoms with van der Waals surface area (Å²) in [5.74, 6) is 0. The van der Waals surface area contributed by atoms with E-state index in [1.165, 1.54) is 22.3 Å². The van der Waals surface area contributed by atoms with Gasteiger partial charge in [-0.1, -0.05) is 172 Å². The molecule has 1 heterocycles. The quantitative estimate of drug-likeness (QED) is 0.179. The van der Waals surface area contributed by atoms with Crippen molar-refractivity contribution in [1.82, 2.24) is 5.32 Å². The highest BCUT2D eigenvalue weighted by molar-refractivity contribution is 5.88. The van der Waals surface area contributed by atoms with E-state index in [0.717, 1.165) is 47.1 Å². The van der Waals surface area contributed by atoms with Crippen LogP contribution in [-0.2, 0) is 12.8 Å². The van der Waals surface area contributed by atoms with Gasteiger partial charge in [0.15, 0.2) is 0 Å². The minimum Gasteiger partial charge on any atom is -0.516 e. The number of benzene rings is 2. The van der Waals surface area contributed by atoms with Gasteiger partial charge in [-0.05, 0) is 94.3 Å². The predicted octanol–water partition coefficient (Wildman–Crippen LogP) is 11.6. The number of hydrogen-bond acceptors (Lipinski definition) is 2. The largest absolute Gasteiger partial charge is 0.516 e. The Labute approximate surface area is 293 Å². The summed E-state index contributed by atoms with van der Waals surface area (Å²) in [6, 6.07) is 17.1. The third-order valence-corrected chi connectivity index (χ3v) is 8.52. The van der Waals surface area contributed by atoms with Crippen LogP contribution in [0.25, 0.3) is 11.6 Å². The lowest BCUT2D eigenvalue weighted by atomic mass is 9.66. The van der Waals surface area contributed by atoms with Crippen molar-refractivity contribution in [2.45, 2.75) is 19.8 Å². The zero-order valence-corrected chi connectivity index (χ0v) is 28.5. The molecule has 0 saturated carbocycles. The van der Waals surface area contributed by atoms with Gasteiger partial charge in [0.25, 0.3) is 0 Å². The zero-order valence-electron chi connectivity index (χ0n) is 28.5. The summed E-state index contributed by atoms with van der Waals surface area (Å²) in [5.41, 5.74) is 9.36. The summed E-state index contributed by atoms with van der Waals surface area (Å²) < 4.78 is 0. The molecule has 0 saturated heterocycles. The van der Waals surface area contributed by atoms with Crippen molar-refractivity contribution in [2.24, 2.45) is 5.41 Å². The lowest BCUT2D eigenvalue weighted by Gasteiger charge is -2.36. The predicted molar refractivity (Wildman–Crippen MR) is 214 cm³/mol. The number of nitrogens with one attached hydrogen (secondary N) is 1. The Kier molecular flexibility index (Phi) is 14.0. The first-order valence-electron chi connectivity index (χ1n) is 16.7. The molecule has 1 aliphatic heterocycles. The first kappa shape index (κ1) is 36.0. The number of rotatable bonds is 12. The molecule has 2 heteroatoms. The maximum atomic E-state index is 9.50. The SMILES string of the molecule is C=C/C=C\C=C/C1(C(=C)/C=C\C=C/O)C(/C(=C\C=C/C)c2ccccc2)=CC(C=C)=C1Cc1cccc2c1C/C=C\C=C/CN/C=C\C=C/2. The third-order valence-electron chi connectivity index (χ3n) is 8.52. The molecule has 1 unspecified atom stereocenters. The van der Waals surface area contributed by atoms with Crippen LogP contribution in [0, 0.1) is 5.41 Å². The van der Waals surface area contributed by atoms with Crippen molar-refractivity contribution >= 4 is 11.6 Å². The number of hydrogen-bond donors (Lipinski definition) is 2. The van der Waals surface area contributed by atoms with Crippen molar-refractivity contribution in [1.29, 1.82) is 0 Å². The molecule has 2 nitrogen and oxygen atoms in total. The maximum Gasteiger partial charge on any atom is 0.0791 e. The highest BCUT2D eigenvalue weighted by Gasteiger charge is 2.44. The Hall–Kier alpha value is -5.86. The second-order valence-corrected chi connectivity index (χ2v) is 11.5. The topological polar surface area (TPSA) is 32.3 Å². The molecule has 2 N–H and O–H groups in total. The molecule has 2 aromatic rings. The summed E-state index contributed by atoms with van der Waals surface area (Å²) >= 11 is 0. The summed E-state index contributed by atoms with van der Waals surface area (Å²) in [4.78, 5) is 0. The Bertz CT molecular complexity index is 1860. The minimum absolute atomic E-state index is 0.670. The van der Waals surface area contributed by atoms with E-state index in [9.17, 15) is 5.11 Å². The Morgan fingerprint density at radius 1 is 0.898 bits per heavy atom. The van der Waals surface area contributed by atoms with E-state index in [1.807, 2.05) is 61.7 Å². The van der Waals surface area contributed by atoms with Gasteiger partial charge in [-0.25, -0.2) is 0 Å². The molecule has 49 heavy (non-hydrogen) atoms. The van der Waals surface area contributed by atoms with Crippen LogP contribution >= 0.6 is 0 Å². The molecule has 0 aromatic heterocycles. The van der Waals surface area contributed by atoms with Crippen LogP contribution in [0.15, 0.2) is 218 Å². The van der Waals surface area contributed by atoms with Crippen molar-refractivity contribution in [3.8, 4) is 0 Å². The maximum absolute atomic E-state index is 9.50. The monoisotopic (exact) mass is 641 g/mol. The van der Waals surface area contributed by atoms with Crippen LogP contribution in [0.2, 0.25) is 0 Å². The van der Waals surface area contributed by atoms with Crippen LogP contribution < -0.4 is 5.32 Å². The first-order valence-corrected chi connectivity index (χ1v) is 16.7. The molecule has 2 aromatic carbocycles. The van der Waals surface area contributed by atoms with Crippen molar-refractivity contribution in [2.75, 3.05) is 6.54 Å². The smallest absolute Gasteiger partial charge is 0.0791 e. The summed E-state index contributed by atoms with van der Waals surface area (Å²) in [5, 5.41) is 12.8. The van der Waals surface area contributed by atoms with Crippen molar-refractivity contribution in [3.63, 3.8) is 0 Å². The van der Waals surface area contributed by atoms with Gasteiger partial charge in [-0.2, -0.15) is 0 Å². The summed E-state index contributed by atoms with van der Waals surface area (Å²) in [6.45, 7) is 15.7. The highest BCUT2D eigenvalue weighted by atomic mass is 16.2. The average Bonchev–Trinajstić information content (AvgIpc) is 3.44. The van der Waals surface area contributed by atoms with E-state index in [1.54, 1.807) is 12.2 Å². The molecule has 246 valence electrons. The van der Waals surface area contributed by atoms with Crippen molar-refractivity contribution < 1.29 is 5.11 Å². The molecular weight excluding hydrogens is 595 g/mol. The van der Waals surface area contributed by atoms with Gasteiger partial charge in [-0.3, -0.25) is 0 Å². The molecule has 1 atom stereocenters. The summed E-state index contributed by atoms with van der Waals surface area (Å²) in [7, 11) is 0. The van der Waals surface area contributed by atoms with E-state index < -0.39 is 5.41 Å². The van der Waals surface area contributed by atoms with Crippen molar-refractivity contribution in [3.05, 3.63) is 241 Å². The summed E-state index contributed by atoms with van der Waals surface area (Å²) in [6.07, 6.45) is 45.3. The molecule has 0 radical (unpaired) electrons. The van der Waals surface area contributed by atoms with Crippen LogP contribution in [0.4, 0.5) is 0 Å². The molecule has 0 fully saturated rings. The second-order valence-electron chi connectivity index (χ2n) is 11.5. The Morgan fingerprint density at radius 2 is 1.73 bits per heavy atom. The fraction of sp³-hybridized carbons (Fsp3) is 0.106. The number of aliphatic hydroxyl groups is 1. The average molecular weight is 642 g/mol. The van der Waals surface area contributed by atoms with Gasteiger partial charge in [0.2, 0.25) is 0 Å². The molecule has 1 aliphatic carbocycles. The van der Waals surface area contributed by atoms with Gasteiger partial charge < -0.3 is 10.4 Å². The van der Waals surface area contributed by atoms with Gasteiger partial charge in [0, 0.05) is 6.54 Å². The second kappa shape index (κ2) is 19.1. The van der Waals surface area contributed by atoms with Gasteiger partial charge in [-0.15, -0.1) is 0 Å². The number of aliphatic hydroxyl groups excluding tert-OH is 1. The zero-order chi connectivity index (χ0) is 34.7. The normalized spacial score (nSPS) is 21.2. The first-order chi connectivity index (χ1) is 24.1. The molecule has 0 spiro atoms. The number of fused-ring (bicyclic) bond motifs is 1. The fourth-order valence-corrected chi connectivity index (χ4v) is 6.22. The van der Waals surface area contributed by atoms with Crippen LogP contribution in [0.3, 0.4) is 0 Å².